The van der Waals surface area contributed by atoms with Gasteiger partial charge in [0.2, 0.25) is 5.91 Å². The van der Waals surface area contributed by atoms with Gasteiger partial charge in [0, 0.05) is 24.1 Å². The van der Waals surface area contributed by atoms with Gasteiger partial charge in [-0.25, -0.2) is 13.6 Å². The first kappa shape index (κ1) is 39.6. The van der Waals surface area contributed by atoms with Gasteiger partial charge in [-0.15, -0.1) is 0 Å². The number of halogens is 7. The minimum Gasteiger partial charge on any atom is -0.475 e. The molecule has 15 heteroatoms. The third kappa shape index (κ3) is 8.47. The number of fused-ring (bicyclic) bond motifs is 2. The number of carbonyl (C=O) groups is 3. The number of aliphatic hydroxyl groups excluding tert-OH is 2. The maximum Gasteiger partial charge on any atom is 0.490 e. The number of nitrogens with one attached hydrogen (secondary N) is 2. The van der Waals surface area contributed by atoms with Crippen LogP contribution in [0.1, 0.15) is 76.8 Å². The SMILES string of the molecule is CC(C)CC(C)(C)C[C@H]1N[C@@H](C(=O)CCC[C@H](O)CO)[C@H](c2cccc(Cl)c2F)[C@@]12C(=O)Nc1cc(Cl)c(F)cc12.O=C(O)C(F)(F)F. The van der Waals surface area contributed by atoms with E-state index in [-0.39, 0.29) is 46.1 Å². The molecule has 1 amide bonds. The number of carbonyl (C=O) groups excluding carboxylic acids is 2. The zero-order valence-corrected chi connectivity index (χ0v) is 28.2. The monoisotopic (exact) mass is 724 g/mol. The van der Waals surface area contributed by atoms with Gasteiger partial charge in [-0.2, -0.15) is 13.2 Å². The topological polar surface area (TPSA) is 136 Å². The van der Waals surface area contributed by atoms with Gasteiger partial charge in [0.1, 0.15) is 22.8 Å². The molecule has 5 N–H and O–H groups in total. The van der Waals surface area contributed by atoms with Crippen LogP contribution in [-0.2, 0) is 19.8 Å². The summed E-state index contributed by atoms with van der Waals surface area (Å²) in [6.07, 6.45) is -4.28. The van der Waals surface area contributed by atoms with Crippen molar-refractivity contribution in [3.8, 4) is 0 Å². The number of Topliss-reactive ketones (excluding diaryl/α,β-unsaturated/α-hetero) is 1. The lowest BCUT2D eigenvalue weighted by Crippen LogP contribution is -2.50. The molecule has 2 aromatic carbocycles. The molecule has 0 radical (unpaired) electrons. The Kier molecular flexibility index (Phi) is 12.7. The van der Waals surface area contributed by atoms with E-state index >= 15 is 8.78 Å². The summed E-state index contributed by atoms with van der Waals surface area (Å²) in [6, 6.07) is 5.38. The summed E-state index contributed by atoms with van der Waals surface area (Å²) in [7, 11) is 0. The van der Waals surface area contributed by atoms with Crippen LogP contribution in [0.25, 0.3) is 0 Å². The van der Waals surface area contributed by atoms with Crippen molar-refractivity contribution < 1.29 is 51.7 Å². The molecule has 1 fully saturated rings. The zero-order chi connectivity index (χ0) is 36.4. The van der Waals surface area contributed by atoms with Gasteiger partial charge in [0.15, 0.2) is 0 Å². The lowest BCUT2D eigenvalue weighted by molar-refractivity contribution is -0.192. The second-order valence-electron chi connectivity index (χ2n) is 13.4. The van der Waals surface area contributed by atoms with Gasteiger partial charge < -0.3 is 26.0 Å². The summed E-state index contributed by atoms with van der Waals surface area (Å²) in [4.78, 5) is 37.0. The Hall–Kier alpha value is -2.84. The molecule has 4 rings (SSSR count). The van der Waals surface area contributed by atoms with Crippen molar-refractivity contribution in [1.82, 2.24) is 5.32 Å². The number of carboxylic acids is 1. The minimum atomic E-state index is -5.08. The van der Waals surface area contributed by atoms with Gasteiger partial charge in [0.05, 0.1) is 28.8 Å². The number of benzene rings is 2. The van der Waals surface area contributed by atoms with E-state index < -0.39 is 65.8 Å². The molecule has 2 aliphatic rings. The molecular formula is C33H39Cl2F5N2O6. The Labute approximate surface area is 285 Å². The van der Waals surface area contributed by atoms with Crippen LogP contribution in [0.5, 0.6) is 0 Å². The zero-order valence-electron chi connectivity index (χ0n) is 26.7. The van der Waals surface area contributed by atoms with E-state index in [1.54, 1.807) is 6.07 Å². The Morgan fingerprint density at radius 1 is 1.08 bits per heavy atom. The van der Waals surface area contributed by atoms with Crippen LogP contribution in [0.2, 0.25) is 10.0 Å². The van der Waals surface area contributed by atoms with Crippen LogP contribution < -0.4 is 10.6 Å². The quantitative estimate of drug-likeness (QED) is 0.161. The number of aliphatic carboxylic acids is 1. The van der Waals surface area contributed by atoms with Crippen molar-refractivity contribution >= 4 is 46.5 Å². The van der Waals surface area contributed by atoms with E-state index in [1.165, 1.54) is 24.3 Å². The van der Waals surface area contributed by atoms with E-state index in [9.17, 15) is 33.0 Å². The molecule has 0 unspecified atom stereocenters. The van der Waals surface area contributed by atoms with Crippen molar-refractivity contribution in [1.29, 1.82) is 0 Å². The third-order valence-electron chi connectivity index (χ3n) is 8.68. The second kappa shape index (κ2) is 15.4. The molecule has 8 nitrogen and oxygen atoms in total. The van der Waals surface area contributed by atoms with E-state index in [1.807, 2.05) is 0 Å². The molecule has 1 spiro atoms. The highest BCUT2D eigenvalue weighted by Gasteiger charge is 2.66. The van der Waals surface area contributed by atoms with Crippen LogP contribution in [-0.4, -0.2) is 64.0 Å². The number of ketones is 1. The molecule has 266 valence electrons. The van der Waals surface area contributed by atoms with Gasteiger partial charge in [-0.3, -0.25) is 9.59 Å². The average molecular weight is 726 g/mol. The number of aliphatic hydroxyl groups is 2. The number of rotatable bonds is 11. The molecule has 0 saturated carbocycles. The minimum absolute atomic E-state index is 0.0229. The number of hydrogen-bond donors (Lipinski definition) is 5. The van der Waals surface area contributed by atoms with Crippen molar-refractivity contribution in [3.05, 3.63) is 63.1 Å². The molecule has 2 aliphatic heterocycles. The molecule has 1 saturated heterocycles. The number of hydrogen-bond acceptors (Lipinski definition) is 6. The highest BCUT2D eigenvalue weighted by atomic mass is 35.5. The van der Waals surface area contributed by atoms with Crippen molar-refractivity contribution in [2.45, 2.75) is 95.5 Å². The van der Waals surface area contributed by atoms with Gasteiger partial charge in [-0.05, 0) is 66.3 Å². The average Bonchev–Trinajstić information content (AvgIpc) is 3.43. The molecule has 48 heavy (non-hydrogen) atoms. The number of alkyl halides is 3. The fraction of sp³-hybridized carbons (Fsp3) is 0.545. The number of anilines is 1. The van der Waals surface area contributed by atoms with Gasteiger partial charge in [0.25, 0.3) is 0 Å². The molecular weight excluding hydrogens is 686 g/mol. The molecule has 2 heterocycles. The first-order valence-corrected chi connectivity index (χ1v) is 16.1. The van der Waals surface area contributed by atoms with Crippen LogP contribution >= 0.6 is 23.2 Å². The van der Waals surface area contributed by atoms with Gasteiger partial charge >= 0.3 is 12.1 Å². The first-order valence-electron chi connectivity index (χ1n) is 15.3. The normalized spacial score (nSPS) is 22.7. The predicted octanol–water partition coefficient (Wildman–Crippen LogP) is 6.77. The van der Waals surface area contributed by atoms with Crippen LogP contribution in [0.3, 0.4) is 0 Å². The molecule has 0 aliphatic carbocycles. The summed E-state index contributed by atoms with van der Waals surface area (Å²) >= 11 is 12.3. The summed E-state index contributed by atoms with van der Waals surface area (Å²) in [6.45, 7) is 7.95. The lowest BCUT2D eigenvalue weighted by Gasteiger charge is -2.39. The Bertz CT molecular complexity index is 1520. The fourth-order valence-electron chi connectivity index (χ4n) is 7.10. The van der Waals surface area contributed by atoms with Crippen LogP contribution in [0, 0.1) is 23.0 Å². The maximum atomic E-state index is 15.9. The maximum absolute atomic E-state index is 15.9. The molecule has 0 bridgehead atoms. The largest absolute Gasteiger partial charge is 0.490 e. The lowest BCUT2D eigenvalue weighted by atomic mass is 9.61. The Balaban J connectivity index is 0.000000804. The summed E-state index contributed by atoms with van der Waals surface area (Å²) < 4.78 is 62.7. The summed E-state index contributed by atoms with van der Waals surface area (Å²) in [5.41, 5.74) is -1.13. The summed E-state index contributed by atoms with van der Waals surface area (Å²) in [5, 5.41) is 32.1. The fourth-order valence-corrected chi connectivity index (χ4v) is 7.45. The standard InChI is InChI=1S/C31H38Cl2F2N2O4.C2HF3O2/c1-16(2)13-30(3,4)14-25-31(19-11-22(34)21(33)12-23(19)36-29(31)41)26(18-8-6-9-20(32)27(18)35)28(37-25)24(40)10-5-7-17(39)15-38;3-2(4,5)1(6)7/h6,8-9,11-12,16-17,25-26,28,37-39H,5,7,10,13-15H2,1-4H3,(H,36,41);(H,6,7)/t17-,25+,26-,28-,31-;/m0./s1. The van der Waals surface area contributed by atoms with E-state index in [0.717, 1.165) is 6.42 Å². The van der Waals surface area contributed by atoms with E-state index in [2.05, 4.69) is 38.3 Å². The smallest absolute Gasteiger partial charge is 0.475 e. The highest BCUT2D eigenvalue weighted by molar-refractivity contribution is 6.31. The van der Waals surface area contributed by atoms with Crippen LogP contribution in [0.4, 0.5) is 27.6 Å². The van der Waals surface area contributed by atoms with E-state index in [0.29, 0.717) is 23.6 Å². The molecule has 2 aromatic rings. The molecule has 5 atom stereocenters. The van der Waals surface area contributed by atoms with E-state index in [4.69, 9.17) is 33.1 Å². The Morgan fingerprint density at radius 3 is 2.27 bits per heavy atom. The number of amides is 1. The van der Waals surface area contributed by atoms with Crippen molar-refractivity contribution in [2.24, 2.45) is 11.3 Å². The van der Waals surface area contributed by atoms with Crippen molar-refractivity contribution in [3.63, 3.8) is 0 Å². The summed E-state index contributed by atoms with van der Waals surface area (Å²) in [5.74, 6) is -5.68. The van der Waals surface area contributed by atoms with Crippen molar-refractivity contribution in [2.75, 3.05) is 11.9 Å². The predicted molar refractivity (Wildman–Crippen MR) is 170 cm³/mol. The van der Waals surface area contributed by atoms with Crippen LogP contribution in [0.15, 0.2) is 30.3 Å². The first-order chi connectivity index (χ1) is 22.2. The van der Waals surface area contributed by atoms with Gasteiger partial charge in [-0.1, -0.05) is 63.0 Å². The third-order valence-corrected chi connectivity index (χ3v) is 9.26. The highest BCUT2D eigenvalue weighted by Crippen LogP contribution is 2.58. The molecule has 0 aromatic heterocycles. The number of carboxylic acid groups (broad SMARTS) is 1. The Morgan fingerprint density at radius 2 is 1.71 bits per heavy atom. The second-order valence-corrected chi connectivity index (χ2v) is 14.2.